The van der Waals surface area contributed by atoms with Gasteiger partial charge in [0.05, 0.1) is 13.0 Å². The third kappa shape index (κ3) is 3.35. The van der Waals surface area contributed by atoms with Crippen LogP contribution in [0.3, 0.4) is 0 Å². The first-order valence-electron chi connectivity index (χ1n) is 6.62. The van der Waals surface area contributed by atoms with Crippen LogP contribution in [0.25, 0.3) is 11.5 Å². The lowest BCUT2D eigenvalue weighted by Crippen LogP contribution is -2.24. The number of amides is 1. The van der Waals surface area contributed by atoms with Crippen molar-refractivity contribution in [3.63, 3.8) is 0 Å². The second-order valence-electron chi connectivity index (χ2n) is 4.65. The van der Waals surface area contributed by atoms with Crippen LogP contribution >= 0.6 is 0 Å². The molecular weight excluding hydrogens is 286 g/mol. The van der Waals surface area contributed by atoms with Crippen molar-refractivity contribution >= 4 is 5.91 Å². The van der Waals surface area contributed by atoms with Gasteiger partial charge in [0.25, 0.3) is 0 Å². The molecule has 1 N–H and O–H groups in total. The number of carbonyl (C=O) groups is 1. The lowest BCUT2D eigenvalue weighted by atomic mass is 10.2. The number of hydrogen-bond acceptors (Lipinski definition) is 7. The number of carbonyl (C=O) groups excluding carboxylic acids is 1. The minimum atomic E-state index is -0.148. The second-order valence-corrected chi connectivity index (χ2v) is 4.65. The average Bonchev–Trinajstić information content (AvgIpc) is 3.15. The van der Waals surface area contributed by atoms with E-state index in [1.54, 1.807) is 31.5 Å². The Morgan fingerprint density at radius 1 is 1.32 bits per heavy atom. The van der Waals surface area contributed by atoms with Gasteiger partial charge in [-0.15, -0.1) is 0 Å². The van der Waals surface area contributed by atoms with Gasteiger partial charge in [0.15, 0.2) is 5.69 Å². The third-order valence-electron chi connectivity index (χ3n) is 2.85. The van der Waals surface area contributed by atoms with Gasteiger partial charge < -0.3 is 14.4 Å². The van der Waals surface area contributed by atoms with Gasteiger partial charge in [-0.1, -0.05) is 16.4 Å². The minimum Gasteiger partial charge on any atom is -0.361 e. The molecule has 8 nitrogen and oxygen atoms in total. The number of pyridine rings is 1. The van der Waals surface area contributed by atoms with E-state index in [2.05, 4.69) is 25.6 Å². The van der Waals surface area contributed by atoms with E-state index in [1.165, 1.54) is 0 Å². The molecule has 0 unspecified atom stereocenters. The monoisotopic (exact) mass is 299 g/mol. The average molecular weight is 299 g/mol. The molecule has 0 bridgehead atoms. The molecule has 0 saturated heterocycles. The minimum absolute atomic E-state index is 0.148. The Kier molecular flexibility index (Phi) is 3.90. The number of nitrogens with one attached hydrogen (secondary N) is 1. The Bertz CT molecular complexity index is 766. The molecule has 0 saturated carbocycles. The van der Waals surface area contributed by atoms with E-state index < -0.39 is 0 Å². The Morgan fingerprint density at radius 3 is 2.95 bits per heavy atom. The topological polar surface area (TPSA) is 107 Å². The fourth-order valence-corrected chi connectivity index (χ4v) is 1.83. The molecule has 22 heavy (non-hydrogen) atoms. The first kappa shape index (κ1) is 13.9. The summed E-state index contributed by atoms with van der Waals surface area (Å²) >= 11 is 0. The molecule has 1 amide bonds. The fraction of sp³-hybridized carbons (Fsp3) is 0.214. The SMILES string of the molecule is Cc1cc(-c2noc(CNC(=O)Cc3cccnc3)n2)no1. The molecule has 0 aliphatic heterocycles. The van der Waals surface area contributed by atoms with Crippen LogP contribution in [0.5, 0.6) is 0 Å². The summed E-state index contributed by atoms with van der Waals surface area (Å²) in [6, 6.07) is 5.33. The van der Waals surface area contributed by atoms with Crippen LogP contribution in [0.4, 0.5) is 0 Å². The van der Waals surface area contributed by atoms with Crippen molar-refractivity contribution in [1.29, 1.82) is 0 Å². The highest BCUT2D eigenvalue weighted by molar-refractivity contribution is 5.78. The highest BCUT2D eigenvalue weighted by Gasteiger charge is 2.13. The fourth-order valence-electron chi connectivity index (χ4n) is 1.83. The van der Waals surface area contributed by atoms with E-state index in [0.29, 0.717) is 23.2 Å². The summed E-state index contributed by atoms with van der Waals surface area (Å²) in [5.41, 5.74) is 1.33. The van der Waals surface area contributed by atoms with Crippen molar-refractivity contribution in [2.45, 2.75) is 19.9 Å². The van der Waals surface area contributed by atoms with Crippen LogP contribution in [0.1, 0.15) is 17.2 Å². The summed E-state index contributed by atoms with van der Waals surface area (Å²) in [4.78, 5) is 19.9. The predicted octanol–water partition coefficient (Wildman–Crippen LogP) is 1.29. The zero-order chi connectivity index (χ0) is 15.4. The highest BCUT2D eigenvalue weighted by atomic mass is 16.5. The number of hydrogen-bond donors (Lipinski definition) is 1. The van der Waals surface area contributed by atoms with Crippen molar-refractivity contribution < 1.29 is 13.8 Å². The maximum absolute atomic E-state index is 11.8. The van der Waals surface area contributed by atoms with Gasteiger partial charge in [0, 0.05) is 18.5 Å². The third-order valence-corrected chi connectivity index (χ3v) is 2.85. The van der Waals surface area contributed by atoms with Gasteiger partial charge in [-0.25, -0.2) is 0 Å². The molecule has 3 rings (SSSR count). The molecule has 0 aliphatic rings. The van der Waals surface area contributed by atoms with Gasteiger partial charge in [-0.05, 0) is 18.6 Å². The Balaban J connectivity index is 1.56. The van der Waals surface area contributed by atoms with Gasteiger partial charge in [0.2, 0.25) is 17.6 Å². The summed E-state index contributed by atoms with van der Waals surface area (Å²) in [5, 5.41) is 10.3. The maximum Gasteiger partial charge on any atom is 0.246 e. The van der Waals surface area contributed by atoms with Crippen LogP contribution in [-0.4, -0.2) is 26.2 Å². The molecule has 0 fully saturated rings. The summed E-state index contributed by atoms with van der Waals surface area (Å²) in [6.45, 7) is 1.93. The van der Waals surface area contributed by atoms with Gasteiger partial charge >= 0.3 is 0 Å². The number of aromatic nitrogens is 4. The second kappa shape index (κ2) is 6.17. The summed E-state index contributed by atoms with van der Waals surface area (Å²) in [5.74, 6) is 1.14. The van der Waals surface area contributed by atoms with Crippen molar-refractivity contribution in [1.82, 2.24) is 25.6 Å². The molecule has 0 aliphatic carbocycles. The van der Waals surface area contributed by atoms with E-state index >= 15 is 0 Å². The molecule has 3 aromatic rings. The van der Waals surface area contributed by atoms with Crippen LogP contribution in [0.15, 0.2) is 39.6 Å². The van der Waals surface area contributed by atoms with Crippen LogP contribution in [0.2, 0.25) is 0 Å². The van der Waals surface area contributed by atoms with Crippen molar-refractivity contribution in [2.75, 3.05) is 0 Å². The van der Waals surface area contributed by atoms with Crippen LogP contribution < -0.4 is 5.32 Å². The lowest BCUT2D eigenvalue weighted by Gasteiger charge is -2.01. The summed E-state index contributed by atoms with van der Waals surface area (Å²) < 4.78 is 10.0. The van der Waals surface area contributed by atoms with Gasteiger partial charge in [-0.2, -0.15) is 4.98 Å². The molecule has 3 heterocycles. The number of aryl methyl sites for hydroxylation is 1. The molecular formula is C14H13N5O3. The molecule has 0 atom stereocenters. The predicted molar refractivity (Wildman–Crippen MR) is 74.3 cm³/mol. The largest absolute Gasteiger partial charge is 0.361 e. The van der Waals surface area contributed by atoms with Crippen LogP contribution in [-0.2, 0) is 17.8 Å². The zero-order valence-corrected chi connectivity index (χ0v) is 11.8. The normalized spacial score (nSPS) is 10.6. The Hall–Kier alpha value is -3.03. The highest BCUT2D eigenvalue weighted by Crippen LogP contribution is 2.14. The molecule has 3 aromatic heterocycles. The Morgan fingerprint density at radius 2 is 2.23 bits per heavy atom. The van der Waals surface area contributed by atoms with E-state index in [4.69, 9.17) is 9.05 Å². The van der Waals surface area contributed by atoms with Crippen molar-refractivity contribution in [3.8, 4) is 11.5 Å². The van der Waals surface area contributed by atoms with Crippen LogP contribution in [0, 0.1) is 6.92 Å². The molecule has 0 radical (unpaired) electrons. The van der Waals surface area contributed by atoms with Crippen molar-refractivity contribution in [2.24, 2.45) is 0 Å². The molecule has 112 valence electrons. The first-order valence-corrected chi connectivity index (χ1v) is 6.62. The number of rotatable bonds is 5. The van der Waals surface area contributed by atoms with Gasteiger partial charge in [0.1, 0.15) is 5.76 Å². The zero-order valence-electron chi connectivity index (χ0n) is 11.8. The lowest BCUT2D eigenvalue weighted by molar-refractivity contribution is -0.120. The quantitative estimate of drug-likeness (QED) is 0.756. The standard InChI is InChI=1S/C14H13N5O3/c1-9-5-11(18-21-9)14-17-13(22-19-14)8-16-12(20)6-10-3-2-4-15-7-10/h2-5,7H,6,8H2,1H3,(H,16,20). The first-order chi connectivity index (χ1) is 10.7. The summed E-state index contributed by atoms with van der Waals surface area (Å²) in [7, 11) is 0. The van der Waals surface area contributed by atoms with E-state index in [9.17, 15) is 4.79 Å². The van der Waals surface area contributed by atoms with Gasteiger partial charge in [-0.3, -0.25) is 9.78 Å². The Labute approximate surface area is 125 Å². The smallest absolute Gasteiger partial charge is 0.246 e. The molecule has 0 aromatic carbocycles. The number of nitrogens with zero attached hydrogens (tertiary/aromatic N) is 4. The summed E-state index contributed by atoms with van der Waals surface area (Å²) in [6.07, 6.45) is 3.56. The molecule has 8 heteroatoms. The van der Waals surface area contributed by atoms with Crippen molar-refractivity contribution in [3.05, 3.63) is 47.8 Å². The van der Waals surface area contributed by atoms with E-state index in [0.717, 1.165) is 5.56 Å². The molecule has 0 spiro atoms. The van der Waals surface area contributed by atoms with E-state index in [1.807, 2.05) is 6.07 Å². The maximum atomic E-state index is 11.8. The van der Waals surface area contributed by atoms with E-state index in [-0.39, 0.29) is 18.9 Å².